The summed E-state index contributed by atoms with van der Waals surface area (Å²) in [5.74, 6) is -0.0644. The fourth-order valence-electron chi connectivity index (χ4n) is 3.12. The van der Waals surface area contributed by atoms with Crippen LogP contribution in [0.1, 0.15) is 32.6 Å². The van der Waals surface area contributed by atoms with Crippen LogP contribution in [0.15, 0.2) is 66.7 Å². The smallest absolute Gasteiger partial charge is 0.134 e. The summed E-state index contributed by atoms with van der Waals surface area (Å²) in [5.41, 5.74) is 3.00. The molecule has 0 aliphatic rings. The Bertz CT molecular complexity index is 872. The second-order valence-electron chi connectivity index (χ2n) is 6.60. The molecule has 0 saturated carbocycles. The predicted octanol–water partition coefficient (Wildman–Crippen LogP) is 7.26. The number of halogens is 2. The first-order chi connectivity index (χ1) is 13.2. The molecule has 3 aromatic rings. The fourth-order valence-corrected chi connectivity index (χ4v) is 3.12. The van der Waals surface area contributed by atoms with Gasteiger partial charge in [0.15, 0.2) is 0 Å². The van der Waals surface area contributed by atoms with E-state index in [0.29, 0.717) is 17.9 Å². The molecule has 0 atom stereocenters. The molecular weight excluding hydrogens is 342 g/mol. The quantitative estimate of drug-likeness (QED) is 0.381. The second kappa shape index (κ2) is 9.31. The van der Waals surface area contributed by atoms with Crippen LogP contribution in [0.4, 0.5) is 8.78 Å². The van der Waals surface area contributed by atoms with Crippen molar-refractivity contribution in [3.8, 4) is 28.0 Å². The molecule has 1 nitrogen and oxygen atoms in total. The van der Waals surface area contributed by atoms with Gasteiger partial charge < -0.3 is 4.74 Å². The minimum atomic E-state index is -0.324. The molecule has 0 fully saturated rings. The molecule has 3 heteroatoms. The predicted molar refractivity (Wildman–Crippen MR) is 107 cm³/mol. The molecule has 0 spiro atoms. The molecular formula is C24H24F2O. The highest BCUT2D eigenvalue weighted by atomic mass is 19.1. The Labute approximate surface area is 159 Å². The molecule has 0 aliphatic heterocycles. The van der Waals surface area contributed by atoms with Crippen molar-refractivity contribution in [3.05, 3.63) is 78.4 Å². The van der Waals surface area contributed by atoms with Gasteiger partial charge in [0, 0.05) is 11.6 Å². The number of ether oxygens (including phenoxy) is 1. The highest BCUT2D eigenvalue weighted by Crippen LogP contribution is 2.34. The van der Waals surface area contributed by atoms with Crippen molar-refractivity contribution in [2.75, 3.05) is 6.61 Å². The molecule has 0 unspecified atom stereocenters. The number of rotatable bonds is 8. The average Bonchev–Trinajstić information content (AvgIpc) is 2.69. The van der Waals surface area contributed by atoms with Gasteiger partial charge in [0.2, 0.25) is 0 Å². The van der Waals surface area contributed by atoms with E-state index >= 15 is 0 Å². The van der Waals surface area contributed by atoms with Crippen molar-refractivity contribution in [1.29, 1.82) is 0 Å². The van der Waals surface area contributed by atoms with Crippen molar-refractivity contribution < 1.29 is 13.5 Å². The summed E-state index contributed by atoms with van der Waals surface area (Å²) in [7, 11) is 0. The number of hydrogen-bond acceptors (Lipinski definition) is 1. The van der Waals surface area contributed by atoms with E-state index in [1.807, 2.05) is 24.3 Å². The molecule has 0 N–H and O–H groups in total. The molecule has 0 saturated heterocycles. The third-order valence-corrected chi connectivity index (χ3v) is 4.58. The van der Waals surface area contributed by atoms with E-state index in [0.717, 1.165) is 29.5 Å². The Kier molecular flexibility index (Phi) is 6.59. The Morgan fingerprint density at radius 1 is 0.741 bits per heavy atom. The van der Waals surface area contributed by atoms with E-state index in [-0.39, 0.29) is 11.6 Å². The van der Waals surface area contributed by atoms with Gasteiger partial charge in [-0.05, 0) is 47.4 Å². The molecule has 0 heterocycles. The molecule has 3 rings (SSSR count). The van der Waals surface area contributed by atoms with Gasteiger partial charge in [0.25, 0.3) is 0 Å². The van der Waals surface area contributed by atoms with Gasteiger partial charge in [-0.2, -0.15) is 0 Å². The van der Waals surface area contributed by atoms with Crippen LogP contribution in [0.3, 0.4) is 0 Å². The zero-order chi connectivity index (χ0) is 19.1. The summed E-state index contributed by atoms with van der Waals surface area (Å²) in [6.45, 7) is 2.77. The minimum absolute atomic E-state index is 0.289. The fraction of sp³-hybridized carbons (Fsp3) is 0.250. The van der Waals surface area contributed by atoms with Gasteiger partial charge in [0.1, 0.15) is 17.4 Å². The van der Waals surface area contributed by atoms with Crippen LogP contribution >= 0.6 is 0 Å². The Morgan fingerprint density at radius 2 is 1.48 bits per heavy atom. The van der Waals surface area contributed by atoms with Crippen LogP contribution in [0.25, 0.3) is 22.3 Å². The van der Waals surface area contributed by atoms with Crippen molar-refractivity contribution >= 4 is 0 Å². The maximum Gasteiger partial charge on any atom is 0.134 e. The second-order valence-corrected chi connectivity index (χ2v) is 6.60. The summed E-state index contributed by atoms with van der Waals surface area (Å²) in [6, 6.07) is 18.8. The summed E-state index contributed by atoms with van der Waals surface area (Å²) >= 11 is 0. The molecule has 0 amide bonds. The van der Waals surface area contributed by atoms with Crippen molar-refractivity contribution in [3.63, 3.8) is 0 Å². The van der Waals surface area contributed by atoms with E-state index in [9.17, 15) is 8.78 Å². The standard InChI is InChI=1S/C24H24F2O/c1-2-3-4-7-16-27-20-14-15-23(24(26)17-20)22-9-6-5-8-21(22)18-10-12-19(25)13-11-18/h5-6,8-15,17H,2-4,7,16H2,1H3. The largest absolute Gasteiger partial charge is 0.493 e. The van der Waals surface area contributed by atoms with Gasteiger partial charge in [-0.25, -0.2) is 8.78 Å². The van der Waals surface area contributed by atoms with E-state index < -0.39 is 0 Å². The lowest BCUT2D eigenvalue weighted by atomic mass is 9.94. The monoisotopic (exact) mass is 366 g/mol. The minimum Gasteiger partial charge on any atom is -0.493 e. The van der Waals surface area contributed by atoms with Crippen molar-refractivity contribution in [2.45, 2.75) is 32.6 Å². The van der Waals surface area contributed by atoms with Crippen LogP contribution in [0, 0.1) is 11.6 Å². The Balaban J connectivity index is 1.82. The first-order valence-electron chi connectivity index (χ1n) is 9.46. The normalized spacial score (nSPS) is 10.8. The van der Waals surface area contributed by atoms with Gasteiger partial charge in [0.05, 0.1) is 6.61 Å². The van der Waals surface area contributed by atoms with Gasteiger partial charge in [-0.3, -0.25) is 0 Å². The van der Waals surface area contributed by atoms with E-state index in [2.05, 4.69) is 6.92 Å². The molecule has 3 aromatic carbocycles. The van der Waals surface area contributed by atoms with Gasteiger partial charge >= 0.3 is 0 Å². The summed E-state index contributed by atoms with van der Waals surface area (Å²) in [5, 5.41) is 0. The zero-order valence-corrected chi connectivity index (χ0v) is 15.6. The van der Waals surface area contributed by atoms with Crippen molar-refractivity contribution in [2.24, 2.45) is 0 Å². The van der Waals surface area contributed by atoms with E-state index in [1.54, 1.807) is 24.3 Å². The molecule has 0 bridgehead atoms. The lowest BCUT2D eigenvalue weighted by molar-refractivity contribution is 0.303. The number of unbranched alkanes of at least 4 members (excludes halogenated alkanes) is 3. The SMILES string of the molecule is CCCCCCOc1ccc(-c2ccccc2-c2ccc(F)cc2)c(F)c1. The first-order valence-corrected chi connectivity index (χ1v) is 9.46. The van der Waals surface area contributed by atoms with Crippen LogP contribution in [-0.4, -0.2) is 6.61 Å². The van der Waals surface area contributed by atoms with Gasteiger partial charge in [-0.1, -0.05) is 62.6 Å². The van der Waals surface area contributed by atoms with E-state index in [1.165, 1.54) is 31.0 Å². The highest BCUT2D eigenvalue weighted by molar-refractivity contribution is 5.83. The number of hydrogen-bond donors (Lipinski definition) is 0. The Morgan fingerprint density at radius 3 is 2.19 bits per heavy atom. The lowest BCUT2D eigenvalue weighted by Gasteiger charge is -2.12. The van der Waals surface area contributed by atoms with Crippen LogP contribution in [0.2, 0.25) is 0 Å². The average molecular weight is 366 g/mol. The van der Waals surface area contributed by atoms with Crippen LogP contribution < -0.4 is 4.74 Å². The third-order valence-electron chi connectivity index (χ3n) is 4.58. The molecule has 27 heavy (non-hydrogen) atoms. The zero-order valence-electron chi connectivity index (χ0n) is 15.6. The molecule has 0 aliphatic carbocycles. The summed E-state index contributed by atoms with van der Waals surface area (Å²) < 4.78 is 33.7. The van der Waals surface area contributed by atoms with E-state index in [4.69, 9.17) is 4.74 Å². The Hall–Kier alpha value is -2.68. The number of benzene rings is 3. The maximum atomic E-state index is 14.8. The van der Waals surface area contributed by atoms with Crippen LogP contribution in [0.5, 0.6) is 5.75 Å². The maximum absolute atomic E-state index is 14.8. The third kappa shape index (κ3) is 4.94. The van der Waals surface area contributed by atoms with Crippen molar-refractivity contribution in [1.82, 2.24) is 0 Å². The first kappa shape index (κ1) is 19.1. The topological polar surface area (TPSA) is 9.23 Å². The molecule has 0 aromatic heterocycles. The van der Waals surface area contributed by atoms with Gasteiger partial charge in [-0.15, -0.1) is 0 Å². The summed E-state index contributed by atoms with van der Waals surface area (Å²) in [6.07, 6.45) is 4.47. The highest BCUT2D eigenvalue weighted by Gasteiger charge is 2.12. The molecule has 140 valence electrons. The lowest BCUT2D eigenvalue weighted by Crippen LogP contribution is -1.98. The summed E-state index contributed by atoms with van der Waals surface area (Å²) in [4.78, 5) is 0. The molecule has 0 radical (unpaired) electrons. The van der Waals surface area contributed by atoms with Crippen LogP contribution in [-0.2, 0) is 0 Å².